The van der Waals surface area contributed by atoms with E-state index in [1.54, 1.807) is 12.1 Å². The molecule has 3 N–H and O–H groups in total. The lowest BCUT2D eigenvalue weighted by molar-refractivity contribution is -0.131. The standard InChI is InChI=1S/C22H22N2O3/c1-22(2,3)16-5-4-6-17(13-16)23-21(27)19-12-15-11-14(8-10-20(25)26)7-9-18(15)24-19/h4-13,24H,1-3H3,(H,23,27)(H,25,26)/b10-8+. The number of aromatic nitrogens is 1. The van der Waals surface area contributed by atoms with E-state index >= 15 is 0 Å². The van der Waals surface area contributed by atoms with Gasteiger partial charge >= 0.3 is 5.97 Å². The average Bonchev–Trinajstić information content (AvgIpc) is 3.03. The third-order valence-corrected chi connectivity index (χ3v) is 4.29. The number of aromatic amines is 1. The molecule has 0 saturated carbocycles. The van der Waals surface area contributed by atoms with Gasteiger partial charge in [-0.15, -0.1) is 0 Å². The Morgan fingerprint density at radius 1 is 1.07 bits per heavy atom. The summed E-state index contributed by atoms with van der Waals surface area (Å²) < 4.78 is 0. The zero-order valence-electron chi connectivity index (χ0n) is 15.5. The Morgan fingerprint density at radius 2 is 1.85 bits per heavy atom. The predicted molar refractivity (Wildman–Crippen MR) is 108 cm³/mol. The molecule has 1 amide bonds. The van der Waals surface area contributed by atoms with Crippen molar-refractivity contribution in [3.05, 3.63) is 71.4 Å². The van der Waals surface area contributed by atoms with Crippen molar-refractivity contribution >= 4 is 34.5 Å². The van der Waals surface area contributed by atoms with Crippen LogP contribution in [-0.2, 0) is 10.2 Å². The Labute approximate surface area is 157 Å². The van der Waals surface area contributed by atoms with Crippen LogP contribution < -0.4 is 5.32 Å². The number of benzene rings is 2. The van der Waals surface area contributed by atoms with Gasteiger partial charge in [0.1, 0.15) is 5.69 Å². The largest absolute Gasteiger partial charge is 0.478 e. The van der Waals surface area contributed by atoms with E-state index in [0.717, 1.165) is 33.8 Å². The van der Waals surface area contributed by atoms with Crippen molar-refractivity contribution in [1.29, 1.82) is 0 Å². The Morgan fingerprint density at radius 3 is 2.56 bits per heavy atom. The van der Waals surface area contributed by atoms with Gasteiger partial charge in [0.05, 0.1) is 0 Å². The number of aliphatic carboxylic acids is 1. The monoisotopic (exact) mass is 362 g/mol. The summed E-state index contributed by atoms with van der Waals surface area (Å²) in [4.78, 5) is 26.4. The first-order valence-electron chi connectivity index (χ1n) is 8.68. The highest BCUT2D eigenvalue weighted by Gasteiger charge is 2.15. The van der Waals surface area contributed by atoms with Gasteiger partial charge in [0, 0.05) is 22.7 Å². The maximum Gasteiger partial charge on any atom is 0.328 e. The smallest absolute Gasteiger partial charge is 0.328 e. The molecule has 1 aromatic heterocycles. The average molecular weight is 362 g/mol. The molecule has 138 valence electrons. The molecule has 0 aliphatic heterocycles. The molecule has 5 nitrogen and oxygen atoms in total. The van der Waals surface area contributed by atoms with Gasteiger partial charge in [-0.05, 0) is 52.9 Å². The second kappa shape index (κ2) is 7.11. The van der Waals surface area contributed by atoms with Crippen LogP contribution in [0.15, 0.2) is 54.6 Å². The SMILES string of the molecule is CC(C)(C)c1cccc(NC(=O)c2cc3cc(/C=C/C(=O)O)ccc3[nH]2)c1. The lowest BCUT2D eigenvalue weighted by atomic mass is 9.87. The number of rotatable bonds is 4. The highest BCUT2D eigenvalue weighted by atomic mass is 16.4. The molecule has 0 atom stereocenters. The van der Waals surface area contributed by atoms with Crippen LogP contribution in [0, 0.1) is 0 Å². The fourth-order valence-electron chi connectivity index (χ4n) is 2.81. The molecule has 0 radical (unpaired) electrons. The van der Waals surface area contributed by atoms with Crippen molar-refractivity contribution in [2.75, 3.05) is 5.32 Å². The fraction of sp³-hybridized carbons (Fsp3) is 0.182. The summed E-state index contributed by atoms with van der Waals surface area (Å²) in [6, 6.07) is 15.0. The van der Waals surface area contributed by atoms with Crippen LogP contribution in [-0.4, -0.2) is 22.0 Å². The summed E-state index contributed by atoms with van der Waals surface area (Å²) in [6.07, 6.45) is 2.61. The van der Waals surface area contributed by atoms with Crippen molar-refractivity contribution in [2.24, 2.45) is 0 Å². The number of carboxylic acid groups (broad SMARTS) is 1. The summed E-state index contributed by atoms with van der Waals surface area (Å²) in [6.45, 7) is 6.38. The number of anilines is 1. The summed E-state index contributed by atoms with van der Waals surface area (Å²) in [5, 5.41) is 12.5. The molecule has 27 heavy (non-hydrogen) atoms. The van der Waals surface area contributed by atoms with Gasteiger partial charge in [0.25, 0.3) is 5.91 Å². The Balaban J connectivity index is 1.83. The van der Waals surface area contributed by atoms with Crippen LogP contribution in [0.25, 0.3) is 17.0 Å². The summed E-state index contributed by atoms with van der Waals surface area (Å²) in [7, 11) is 0. The predicted octanol–water partition coefficient (Wildman–Crippen LogP) is 4.82. The Hall–Kier alpha value is -3.34. The van der Waals surface area contributed by atoms with E-state index < -0.39 is 5.97 Å². The van der Waals surface area contributed by atoms with Gasteiger partial charge in [0.2, 0.25) is 0 Å². The number of carboxylic acids is 1. The minimum atomic E-state index is -0.998. The minimum Gasteiger partial charge on any atom is -0.478 e. The molecule has 0 unspecified atom stereocenters. The van der Waals surface area contributed by atoms with Gasteiger partial charge in [-0.25, -0.2) is 4.79 Å². The number of hydrogen-bond donors (Lipinski definition) is 3. The first-order valence-corrected chi connectivity index (χ1v) is 8.68. The van der Waals surface area contributed by atoms with Crippen molar-refractivity contribution in [1.82, 2.24) is 4.98 Å². The molecule has 0 spiro atoms. The van der Waals surface area contributed by atoms with Crippen LogP contribution in [0.1, 0.15) is 42.4 Å². The molecule has 3 aromatic rings. The molecule has 1 heterocycles. The molecular weight excluding hydrogens is 340 g/mol. The van der Waals surface area contributed by atoms with Gasteiger partial charge in [0.15, 0.2) is 0 Å². The van der Waals surface area contributed by atoms with Crippen molar-refractivity contribution in [3.63, 3.8) is 0 Å². The van der Waals surface area contributed by atoms with Crippen LogP contribution in [0.3, 0.4) is 0 Å². The van der Waals surface area contributed by atoms with Gasteiger partial charge in [-0.3, -0.25) is 4.79 Å². The Kier molecular flexibility index (Phi) is 4.86. The first-order chi connectivity index (χ1) is 12.7. The van der Waals surface area contributed by atoms with E-state index in [1.165, 1.54) is 6.08 Å². The first kappa shape index (κ1) is 18.5. The van der Waals surface area contributed by atoms with Crippen LogP contribution in [0.2, 0.25) is 0 Å². The molecule has 0 saturated heterocycles. The molecule has 0 fully saturated rings. The van der Waals surface area contributed by atoms with Crippen molar-refractivity contribution in [3.8, 4) is 0 Å². The number of nitrogens with one attached hydrogen (secondary N) is 2. The highest BCUT2D eigenvalue weighted by Crippen LogP contribution is 2.25. The van der Waals surface area contributed by atoms with E-state index in [1.807, 2.05) is 36.4 Å². The second-order valence-corrected chi connectivity index (χ2v) is 7.49. The van der Waals surface area contributed by atoms with Gasteiger partial charge < -0.3 is 15.4 Å². The van der Waals surface area contributed by atoms with Crippen molar-refractivity contribution in [2.45, 2.75) is 26.2 Å². The van der Waals surface area contributed by atoms with E-state index in [-0.39, 0.29) is 11.3 Å². The number of fused-ring (bicyclic) bond motifs is 1. The lowest BCUT2D eigenvalue weighted by Gasteiger charge is -2.19. The molecule has 0 bridgehead atoms. The second-order valence-electron chi connectivity index (χ2n) is 7.49. The topological polar surface area (TPSA) is 82.2 Å². The van der Waals surface area contributed by atoms with Crippen molar-refractivity contribution < 1.29 is 14.7 Å². The normalized spacial score (nSPS) is 11.8. The zero-order valence-corrected chi connectivity index (χ0v) is 15.5. The maximum absolute atomic E-state index is 12.6. The van der Waals surface area contributed by atoms with Crippen LogP contribution >= 0.6 is 0 Å². The fourth-order valence-corrected chi connectivity index (χ4v) is 2.81. The zero-order chi connectivity index (χ0) is 19.6. The number of carbonyl (C=O) groups excluding carboxylic acids is 1. The Bertz CT molecular complexity index is 1040. The lowest BCUT2D eigenvalue weighted by Crippen LogP contribution is -2.14. The maximum atomic E-state index is 12.6. The summed E-state index contributed by atoms with van der Waals surface area (Å²) in [5.74, 6) is -1.22. The van der Waals surface area contributed by atoms with Crippen LogP contribution in [0.4, 0.5) is 5.69 Å². The molecule has 0 aliphatic carbocycles. The quantitative estimate of drug-likeness (QED) is 0.582. The minimum absolute atomic E-state index is 0.00171. The van der Waals surface area contributed by atoms with E-state index in [4.69, 9.17) is 5.11 Å². The number of hydrogen-bond acceptors (Lipinski definition) is 2. The molecule has 3 rings (SSSR count). The molecule has 0 aliphatic rings. The van der Waals surface area contributed by atoms with E-state index in [0.29, 0.717) is 5.69 Å². The number of amides is 1. The molecule has 2 aromatic carbocycles. The number of H-pyrrole nitrogens is 1. The van der Waals surface area contributed by atoms with Crippen LogP contribution in [0.5, 0.6) is 0 Å². The summed E-state index contributed by atoms with van der Waals surface area (Å²) in [5.41, 5.74) is 3.92. The van der Waals surface area contributed by atoms with Gasteiger partial charge in [-0.1, -0.05) is 39.0 Å². The molecular formula is C22H22N2O3. The van der Waals surface area contributed by atoms with Gasteiger partial charge in [-0.2, -0.15) is 0 Å². The third-order valence-electron chi connectivity index (χ3n) is 4.29. The number of carbonyl (C=O) groups is 2. The van der Waals surface area contributed by atoms with E-state index in [9.17, 15) is 9.59 Å². The van der Waals surface area contributed by atoms with E-state index in [2.05, 4.69) is 31.1 Å². The third kappa shape index (κ3) is 4.44. The summed E-state index contributed by atoms with van der Waals surface area (Å²) >= 11 is 0. The molecule has 5 heteroatoms. The highest BCUT2D eigenvalue weighted by molar-refractivity contribution is 6.06.